The van der Waals surface area contributed by atoms with Crippen LogP contribution in [0.5, 0.6) is 0 Å². The summed E-state index contributed by atoms with van der Waals surface area (Å²) in [5.41, 5.74) is -0.741. The molecule has 0 saturated heterocycles. The van der Waals surface area contributed by atoms with Crippen molar-refractivity contribution in [2.75, 3.05) is 18.5 Å². The van der Waals surface area contributed by atoms with Crippen LogP contribution >= 0.6 is 23.2 Å². The largest absolute Gasteiger partial charge is 0.465 e. The molecule has 234 valence electrons. The van der Waals surface area contributed by atoms with Gasteiger partial charge in [-0.3, -0.25) is 14.9 Å². The molecule has 0 radical (unpaired) electrons. The number of alkyl halides is 3. The Bertz CT molecular complexity index is 1470. The summed E-state index contributed by atoms with van der Waals surface area (Å²) in [7, 11) is 0. The molecule has 1 heterocycles. The zero-order chi connectivity index (χ0) is 32.3. The molecule has 2 N–H and O–H groups in total. The van der Waals surface area contributed by atoms with Crippen LogP contribution in [0.25, 0.3) is 5.69 Å². The third-order valence-corrected chi connectivity index (χ3v) is 6.17. The van der Waals surface area contributed by atoms with Gasteiger partial charge in [-0.1, -0.05) is 29.8 Å². The fraction of sp³-hybridized carbons (Fsp3) is 0.370. The first kappa shape index (κ1) is 35.2. The van der Waals surface area contributed by atoms with Crippen molar-refractivity contribution >= 4 is 46.9 Å². The van der Waals surface area contributed by atoms with Crippen molar-refractivity contribution in [3.8, 4) is 5.69 Å². The first-order valence-electron chi connectivity index (χ1n) is 12.9. The molecule has 0 fully saturated rings. The van der Waals surface area contributed by atoms with E-state index in [1.807, 2.05) is 6.07 Å². The number of nitrogens with zero attached hydrogens (tertiary/aromatic N) is 3. The van der Waals surface area contributed by atoms with Crippen LogP contribution in [0.4, 0.5) is 23.7 Å². The zero-order valence-corrected chi connectivity index (χ0v) is 25.1. The third kappa shape index (κ3) is 10.0. The SMILES string of the molecule is CCNC(=O)C(C)OC(=O)Nc1ccccc1.CCOC(=O)C(Cl)Cc1cc(-n2nc(C)n(C(F)F)c2=O)c(F)cc1Cl. The Hall–Kier alpha value is -4.04. The van der Waals surface area contributed by atoms with E-state index in [9.17, 15) is 32.3 Å². The lowest BCUT2D eigenvalue weighted by Gasteiger charge is -2.13. The van der Waals surface area contributed by atoms with E-state index >= 15 is 0 Å². The fourth-order valence-electron chi connectivity index (χ4n) is 3.47. The van der Waals surface area contributed by atoms with E-state index in [2.05, 4.69) is 15.7 Å². The molecular weight excluding hydrogens is 618 g/mol. The highest BCUT2D eigenvalue weighted by molar-refractivity contribution is 6.32. The number of halogens is 5. The van der Waals surface area contributed by atoms with E-state index in [1.165, 1.54) is 13.8 Å². The molecule has 43 heavy (non-hydrogen) atoms. The lowest BCUT2D eigenvalue weighted by Crippen LogP contribution is -2.36. The quantitative estimate of drug-likeness (QED) is 0.234. The maximum atomic E-state index is 14.2. The molecule has 0 saturated carbocycles. The second-order valence-corrected chi connectivity index (χ2v) is 9.58. The van der Waals surface area contributed by atoms with E-state index in [1.54, 1.807) is 38.1 Å². The number of esters is 1. The Labute approximate surface area is 254 Å². The van der Waals surface area contributed by atoms with Gasteiger partial charge >= 0.3 is 24.3 Å². The highest BCUT2D eigenvalue weighted by Gasteiger charge is 2.23. The summed E-state index contributed by atoms with van der Waals surface area (Å²) >= 11 is 11.9. The summed E-state index contributed by atoms with van der Waals surface area (Å²) < 4.78 is 50.4. The third-order valence-electron chi connectivity index (χ3n) is 5.49. The van der Waals surface area contributed by atoms with Gasteiger partial charge in [-0.15, -0.1) is 16.7 Å². The predicted octanol–water partition coefficient (Wildman–Crippen LogP) is 5.00. The second-order valence-electron chi connectivity index (χ2n) is 8.64. The smallest absolute Gasteiger partial charge is 0.412 e. The molecule has 2 aromatic carbocycles. The van der Waals surface area contributed by atoms with Gasteiger partial charge in [0.1, 0.15) is 16.9 Å². The normalized spacial score (nSPS) is 12.0. The Morgan fingerprint density at radius 2 is 1.77 bits per heavy atom. The average Bonchev–Trinajstić information content (AvgIpc) is 3.24. The van der Waals surface area contributed by atoms with Gasteiger partial charge < -0.3 is 14.8 Å². The molecule has 2 atom stereocenters. The highest BCUT2D eigenvalue weighted by Crippen LogP contribution is 2.25. The van der Waals surface area contributed by atoms with Crippen LogP contribution in [0.1, 0.15) is 38.7 Å². The fourth-order valence-corrected chi connectivity index (χ4v) is 3.92. The number of carbonyl (C=O) groups is 3. The van der Waals surface area contributed by atoms with Gasteiger partial charge in [0.2, 0.25) is 0 Å². The number of anilines is 1. The first-order valence-corrected chi connectivity index (χ1v) is 13.7. The summed E-state index contributed by atoms with van der Waals surface area (Å²) in [5.74, 6) is -2.23. The maximum Gasteiger partial charge on any atom is 0.412 e. The van der Waals surface area contributed by atoms with E-state index in [4.69, 9.17) is 32.7 Å². The minimum Gasteiger partial charge on any atom is -0.465 e. The van der Waals surface area contributed by atoms with Crippen LogP contribution < -0.4 is 16.3 Å². The second kappa shape index (κ2) is 16.6. The van der Waals surface area contributed by atoms with E-state index < -0.39 is 41.6 Å². The van der Waals surface area contributed by atoms with Crippen molar-refractivity contribution in [3.05, 3.63) is 75.2 Å². The van der Waals surface area contributed by atoms with Gasteiger partial charge in [0.25, 0.3) is 5.91 Å². The number of benzene rings is 2. The molecule has 3 rings (SSSR count). The number of aromatic nitrogens is 3. The number of carbonyl (C=O) groups excluding carboxylic acids is 3. The molecule has 11 nitrogen and oxygen atoms in total. The predicted molar refractivity (Wildman–Crippen MR) is 153 cm³/mol. The minimum absolute atomic E-state index is 0.0424. The molecule has 2 amide bonds. The number of likely N-dealkylation sites (N-methyl/N-ethyl adjacent to an activating group) is 1. The number of nitrogens with one attached hydrogen (secondary N) is 2. The van der Waals surface area contributed by atoms with Crippen LogP contribution in [0.3, 0.4) is 0 Å². The Balaban J connectivity index is 0.000000329. The number of hydrogen-bond acceptors (Lipinski definition) is 7. The zero-order valence-electron chi connectivity index (χ0n) is 23.6. The Kier molecular flexibility index (Phi) is 13.5. The van der Waals surface area contributed by atoms with E-state index in [0.29, 0.717) is 16.9 Å². The molecule has 0 aliphatic rings. The van der Waals surface area contributed by atoms with Crippen LogP contribution in [0.15, 0.2) is 47.3 Å². The highest BCUT2D eigenvalue weighted by atomic mass is 35.5. The van der Waals surface area contributed by atoms with E-state index in [0.717, 1.165) is 12.1 Å². The topological polar surface area (TPSA) is 134 Å². The van der Waals surface area contributed by atoms with Gasteiger partial charge in [0.15, 0.2) is 11.9 Å². The van der Waals surface area contributed by atoms with Gasteiger partial charge in [-0.05, 0) is 57.5 Å². The summed E-state index contributed by atoms with van der Waals surface area (Å²) in [6.45, 7) is 3.64. The molecule has 16 heteroatoms. The van der Waals surface area contributed by atoms with Crippen LogP contribution in [-0.4, -0.2) is 57.0 Å². The molecule has 2 unspecified atom stereocenters. The Morgan fingerprint density at radius 1 is 1.12 bits per heavy atom. The maximum absolute atomic E-state index is 14.2. The van der Waals surface area contributed by atoms with Gasteiger partial charge in [-0.25, -0.2) is 18.5 Å². The summed E-state index contributed by atoms with van der Waals surface area (Å²) in [6, 6.07) is 10.9. The molecule has 0 bridgehead atoms. The van der Waals surface area contributed by atoms with Crippen LogP contribution in [0.2, 0.25) is 5.02 Å². The molecule has 1 aromatic heterocycles. The number of hydrogen-bond donors (Lipinski definition) is 2. The van der Waals surface area contributed by atoms with Crippen LogP contribution in [0, 0.1) is 12.7 Å². The molecule has 3 aromatic rings. The van der Waals surface area contributed by atoms with Crippen molar-refractivity contribution in [2.24, 2.45) is 0 Å². The molecule has 0 spiro atoms. The van der Waals surface area contributed by atoms with Gasteiger partial charge in [0, 0.05) is 23.7 Å². The van der Waals surface area contributed by atoms with Crippen molar-refractivity contribution < 1.29 is 37.0 Å². The number of ether oxygens (including phenoxy) is 2. The van der Waals surface area contributed by atoms with Crippen molar-refractivity contribution in [3.63, 3.8) is 0 Å². The lowest BCUT2D eigenvalue weighted by molar-refractivity contribution is -0.142. The van der Waals surface area contributed by atoms with Crippen LogP contribution in [-0.2, 0) is 25.5 Å². The number of para-hydroxylation sites is 1. The number of rotatable bonds is 10. The first-order chi connectivity index (χ1) is 20.3. The van der Waals surface area contributed by atoms with Crippen molar-refractivity contribution in [1.82, 2.24) is 19.7 Å². The van der Waals surface area contributed by atoms with Gasteiger partial charge in [-0.2, -0.15) is 13.5 Å². The summed E-state index contributed by atoms with van der Waals surface area (Å²) in [5, 5.41) is 7.62. The lowest BCUT2D eigenvalue weighted by atomic mass is 10.1. The standard InChI is InChI=1S/C15H14Cl2F3N3O3.C12H16N2O3/c1-3-26-13(24)10(17)4-8-5-12(11(18)6-9(8)16)23-15(25)22(14(19)20)7(2)21-23;1-3-13-11(15)9(2)17-12(16)14-10-7-5-4-6-8-10/h5-6,10,14H,3-4H2,1-2H3;4-9H,3H2,1-2H3,(H,13,15)(H,14,16). The number of amides is 2. The molecular formula is C27H30Cl2F3N5O6. The minimum atomic E-state index is -3.12. The van der Waals surface area contributed by atoms with Crippen molar-refractivity contribution in [1.29, 1.82) is 0 Å². The van der Waals surface area contributed by atoms with E-state index in [-0.39, 0.29) is 45.6 Å². The summed E-state index contributed by atoms with van der Waals surface area (Å²) in [4.78, 5) is 46.4. The summed E-state index contributed by atoms with van der Waals surface area (Å²) in [6.07, 6.45) is -1.57. The monoisotopic (exact) mass is 647 g/mol. The average molecular weight is 648 g/mol. The Morgan fingerprint density at radius 3 is 2.33 bits per heavy atom. The number of aryl methyl sites for hydroxylation is 1. The molecule has 0 aliphatic heterocycles. The van der Waals surface area contributed by atoms with Crippen molar-refractivity contribution in [2.45, 2.75) is 52.1 Å². The van der Waals surface area contributed by atoms with Gasteiger partial charge in [0.05, 0.1) is 6.61 Å². The molecule has 0 aliphatic carbocycles.